The van der Waals surface area contributed by atoms with Gasteiger partial charge in [-0.2, -0.15) is 0 Å². The van der Waals surface area contributed by atoms with E-state index < -0.39 is 16.8 Å². The number of benzene rings is 1. The molecule has 0 spiro atoms. The maximum atomic E-state index is 14.5. The number of anilines is 1. The minimum Gasteiger partial charge on any atom is -0.443 e. The summed E-state index contributed by atoms with van der Waals surface area (Å²) in [4.78, 5) is 13.7. The van der Waals surface area contributed by atoms with Crippen LogP contribution in [0.1, 0.15) is 57.5 Å². The van der Waals surface area contributed by atoms with Crippen LogP contribution in [0.4, 0.5) is 10.1 Å². The van der Waals surface area contributed by atoms with Gasteiger partial charge in [0, 0.05) is 23.3 Å². The predicted octanol–water partition coefficient (Wildman–Crippen LogP) is 3.98. The molecule has 0 aliphatic heterocycles. The molecule has 1 unspecified atom stereocenters. The third-order valence-electron chi connectivity index (χ3n) is 7.99. The van der Waals surface area contributed by atoms with Crippen molar-refractivity contribution in [3.63, 3.8) is 0 Å². The van der Waals surface area contributed by atoms with Crippen LogP contribution < -0.4 is 17.2 Å². The Bertz CT molecular complexity index is 1400. The lowest BCUT2D eigenvalue weighted by molar-refractivity contribution is 0.0738. The summed E-state index contributed by atoms with van der Waals surface area (Å²) >= 11 is 0. The van der Waals surface area contributed by atoms with Crippen molar-refractivity contribution in [2.45, 2.75) is 51.6 Å². The van der Waals surface area contributed by atoms with E-state index in [1.165, 1.54) is 12.3 Å². The smallest absolute Gasteiger partial charge is 0.247 e. The van der Waals surface area contributed by atoms with Crippen LogP contribution in [0.5, 0.6) is 0 Å². The first-order valence-electron chi connectivity index (χ1n) is 11.9. The summed E-state index contributed by atoms with van der Waals surface area (Å²) in [6.45, 7) is 7.60. The van der Waals surface area contributed by atoms with E-state index in [2.05, 4.69) is 23.8 Å². The maximum Gasteiger partial charge on any atom is 0.247 e. The second kappa shape index (κ2) is 7.89. The molecular weight excluding hydrogens is 459 g/mol. The first-order chi connectivity index (χ1) is 16.9. The molecule has 9 heteroatoms. The number of nitrogens with zero attached hydrogens (tertiary/aromatic N) is 3. The lowest BCUT2D eigenvalue weighted by atomic mass is 9.66. The Labute approximate surface area is 209 Å². The minimum atomic E-state index is -1.15. The Hall–Kier alpha value is -3.72. The van der Waals surface area contributed by atoms with Crippen LogP contribution >= 0.6 is 0 Å². The molecular formula is C27H31FN6O2. The molecule has 1 saturated carbocycles. The van der Waals surface area contributed by atoms with Crippen molar-refractivity contribution >= 4 is 11.4 Å². The average Bonchev–Trinajstić information content (AvgIpc) is 3.44. The second-order valence-corrected chi connectivity index (χ2v) is 10.8. The first-order valence-corrected chi connectivity index (χ1v) is 11.9. The van der Waals surface area contributed by atoms with E-state index in [0.29, 0.717) is 22.8 Å². The van der Waals surface area contributed by atoms with Crippen LogP contribution in [0.3, 0.4) is 0 Å². The van der Waals surface area contributed by atoms with Crippen LogP contribution in [0.15, 0.2) is 58.6 Å². The van der Waals surface area contributed by atoms with Crippen molar-refractivity contribution in [2.24, 2.45) is 22.8 Å². The molecule has 0 saturated heterocycles. The summed E-state index contributed by atoms with van der Waals surface area (Å²) in [5, 5.41) is 10.3. The number of halogens is 1. The number of aromatic nitrogens is 3. The number of rotatable bonds is 5. The van der Waals surface area contributed by atoms with Gasteiger partial charge in [0.05, 0.1) is 22.9 Å². The molecule has 2 aliphatic carbocycles. The molecule has 2 bridgehead atoms. The first kappa shape index (κ1) is 24.0. The third-order valence-corrected chi connectivity index (χ3v) is 7.99. The number of nitrogen functional groups attached to an aromatic ring is 1. The molecule has 2 aromatic heterocycles. The van der Waals surface area contributed by atoms with E-state index >= 15 is 0 Å². The van der Waals surface area contributed by atoms with E-state index in [1.807, 2.05) is 0 Å². The Morgan fingerprint density at radius 2 is 1.97 bits per heavy atom. The Morgan fingerprint density at radius 1 is 1.22 bits per heavy atom. The summed E-state index contributed by atoms with van der Waals surface area (Å²) in [5.41, 5.74) is 21.0. The van der Waals surface area contributed by atoms with Gasteiger partial charge in [-0.05, 0) is 61.8 Å². The highest BCUT2D eigenvalue weighted by Gasteiger charge is 2.64. The van der Waals surface area contributed by atoms with Crippen molar-refractivity contribution in [1.82, 2.24) is 15.0 Å². The van der Waals surface area contributed by atoms with E-state index in [9.17, 15) is 9.50 Å². The van der Waals surface area contributed by atoms with Gasteiger partial charge < -0.3 is 26.7 Å². The topological polar surface area (TPSA) is 150 Å². The molecule has 2 aliphatic rings. The van der Waals surface area contributed by atoms with Crippen molar-refractivity contribution < 1.29 is 13.9 Å². The van der Waals surface area contributed by atoms with Gasteiger partial charge >= 0.3 is 0 Å². The molecule has 2 heterocycles. The number of oxazole rings is 1. The largest absolute Gasteiger partial charge is 0.443 e. The van der Waals surface area contributed by atoms with Crippen LogP contribution in [0.25, 0.3) is 17.3 Å². The maximum absolute atomic E-state index is 14.5. The fourth-order valence-electron chi connectivity index (χ4n) is 6.01. The highest BCUT2D eigenvalue weighted by atomic mass is 19.1. The molecule has 36 heavy (non-hydrogen) atoms. The molecule has 1 aromatic carbocycles. The van der Waals surface area contributed by atoms with Gasteiger partial charge in [-0.15, -0.1) is 0 Å². The van der Waals surface area contributed by atoms with Gasteiger partial charge in [0.25, 0.3) is 0 Å². The number of hydrogen-bond acceptors (Lipinski definition) is 8. The van der Waals surface area contributed by atoms with Crippen LogP contribution in [-0.4, -0.2) is 20.1 Å². The number of hydrogen-bond donors (Lipinski definition) is 4. The normalized spacial score (nSPS) is 23.5. The molecule has 0 amide bonds. The summed E-state index contributed by atoms with van der Waals surface area (Å²) in [5.74, 6) is -0.113. The standard InChI is InChI=1S/C27H31FN6O2/c1-25(2)15-8-9-27(25,23(31)14(15)10-18(30)22-16(28)6-5-7-17(22)29)20-12-32-11-19(33-20)24-34-21(13-36-24)26(3,4)35/h5-7,10-13,15,35H,8-9,29-31H2,1-4H3/b18-10-/t15-,27?/m1/s1. The molecule has 188 valence electrons. The lowest BCUT2D eigenvalue weighted by Gasteiger charge is -2.38. The van der Waals surface area contributed by atoms with Gasteiger partial charge in [0.15, 0.2) is 0 Å². The van der Waals surface area contributed by atoms with E-state index in [4.69, 9.17) is 26.6 Å². The molecule has 7 N–H and O–H groups in total. The number of aliphatic hydroxyl groups is 1. The van der Waals surface area contributed by atoms with Crippen molar-refractivity contribution in [1.29, 1.82) is 0 Å². The minimum absolute atomic E-state index is 0.0954. The lowest BCUT2D eigenvalue weighted by Crippen LogP contribution is -2.41. The van der Waals surface area contributed by atoms with Crippen molar-refractivity contribution in [3.8, 4) is 11.6 Å². The van der Waals surface area contributed by atoms with Crippen molar-refractivity contribution in [2.75, 3.05) is 5.73 Å². The van der Waals surface area contributed by atoms with Crippen LogP contribution in [0.2, 0.25) is 0 Å². The molecule has 1 fully saturated rings. The predicted molar refractivity (Wildman–Crippen MR) is 135 cm³/mol. The zero-order valence-electron chi connectivity index (χ0n) is 20.8. The Kier molecular flexibility index (Phi) is 5.26. The fourth-order valence-corrected chi connectivity index (χ4v) is 6.01. The molecule has 8 nitrogen and oxygen atoms in total. The number of nitrogens with two attached hydrogens (primary N) is 3. The van der Waals surface area contributed by atoms with Crippen molar-refractivity contribution in [3.05, 3.63) is 77.0 Å². The van der Waals surface area contributed by atoms with E-state index in [0.717, 1.165) is 18.4 Å². The Morgan fingerprint density at radius 3 is 2.64 bits per heavy atom. The second-order valence-electron chi connectivity index (χ2n) is 10.8. The highest BCUT2D eigenvalue weighted by molar-refractivity contribution is 5.76. The molecule has 0 radical (unpaired) electrons. The van der Waals surface area contributed by atoms with Gasteiger partial charge in [0.2, 0.25) is 5.89 Å². The number of fused-ring (bicyclic) bond motifs is 2. The summed E-state index contributed by atoms with van der Waals surface area (Å²) in [7, 11) is 0. The fraction of sp³-hybridized carbons (Fsp3) is 0.370. The summed E-state index contributed by atoms with van der Waals surface area (Å²) < 4.78 is 20.1. The molecule has 3 aromatic rings. The number of allylic oxidation sites excluding steroid dienone is 3. The van der Waals surface area contributed by atoms with Gasteiger partial charge in [-0.25, -0.2) is 14.4 Å². The van der Waals surface area contributed by atoms with E-state index in [1.54, 1.807) is 44.4 Å². The van der Waals surface area contributed by atoms with Gasteiger partial charge in [-0.3, -0.25) is 4.98 Å². The Balaban J connectivity index is 1.61. The monoisotopic (exact) mass is 490 g/mol. The summed E-state index contributed by atoms with van der Waals surface area (Å²) in [6.07, 6.45) is 8.14. The SMILES string of the molecule is CC(C)(O)c1coc(-c2cncc(C34CC[C@H](C(/C=C(\N)c5c(N)cccc5F)=C3N)C4(C)C)n2)n1. The third kappa shape index (κ3) is 3.33. The van der Waals surface area contributed by atoms with Gasteiger partial charge in [0.1, 0.15) is 29.1 Å². The van der Waals surface area contributed by atoms with Crippen LogP contribution in [-0.2, 0) is 11.0 Å². The van der Waals surface area contributed by atoms with Crippen LogP contribution in [0, 0.1) is 17.2 Å². The zero-order chi connectivity index (χ0) is 26.0. The highest BCUT2D eigenvalue weighted by Crippen LogP contribution is 2.67. The quantitative estimate of drug-likeness (QED) is 0.392. The van der Waals surface area contributed by atoms with E-state index in [-0.39, 0.29) is 34.2 Å². The molecule has 5 rings (SSSR count). The molecule has 2 atom stereocenters. The average molecular weight is 491 g/mol. The van der Waals surface area contributed by atoms with Gasteiger partial charge in [-0.1, -0.05) is 19.9 Å². The summed E-state index contributed by atoms with van der Waals surface area (Å²) in [6, 6.07) is 4.51. The zero-order valence-corrected chi connectivity index (χ0v) is 20.8.